The highest BCUT2D eigenvalue weighted by atomic mass is 32.2. The van der Waals surface area contributed by atoms with E-state index in [9.17, 15) is 27.6 Å². The molecule has 2 aliphatic heterocycles. The molecule has 5 atom stereocenters. The summed E-state index contributed by atoms with van der Waals surface area (Å²) in [5, 5.41) is 5.81. The fraction of sp³-hybridized carbons (Fsp3) is 0.500. The van der Waals surface area contributed by atoms with Crippen molar-refractivity contribution in [2.45, 2.75) is 113 Å². The quantitative estimate of drug-likeness (QED) is 0.198. The number of carbonyl (C=O) groups excluding carboxylic acids is 4. The number of nitrogens with one attached hydrogen (secondary N) is 3. The fourth-order valence-electron chi connectivity index (χ4n) is 8.08. The SMILES string of the molecule is COc1ccc2c(c1)oc1c(O[C@@H]3C[C@H]4C(=O)N[C@]5(C(=O)NS(=O)(=O)C6CC6)C[C@H]5/C=C\CCCCC[C@H](NC(=O)OC(C)(C)C)C(=O)N4C3)c3cccc(F)c3nc12. The van der Waals surface area contributed by atoms with E-state index in [1.807, 2.05) is 12.2 Å². The summed E-state index contributed by atoms with van der Waals surface area (Å²) in [6.07, 6.45) is 6.00. The molecule has 0 unspecified atom stereocenters. The van der Waals surface area contributed by atoms with E-state index < -0.39 is 80.2 Å². The molecule has 3 fully saturated rings. The van der Waals surface area contributed by atoms with Crippen molar-refractivity contribution in [2.75, 3.05) is 13.7 Å². The predicted molar refractivity (Wildman–Crippen MR) is 215 cm³/mol. The third kappa shape index (κ3) is 8.13. The maximum absolute atomic E-state index is 15.4. The Morgan fingerprint density at radius 2 is 1.85 bits per heavy atom. The summed E-state index contributed by atoms with van der Waals surface area (Å²) in [4.78, 5) is 62.2. The molecule has 15 nitrogen and oxygen atoms in total. The zero-order valence-corrected chi connectivity index (χ0v) is 34.2. The zero-order chi connectivity index (χ0) is 41.9. The molecule has 2 aromatic heterocycles. The number of allylic oxidation sites excluding steroid dienone is 1. The number of methoxy groups -OCH3 is 1. The molecule has 1 saturated heterocycles. The van der Waals surface area contributed by atoms with Crippen LogP contribution in [0, 0.1) is 11.7 Å². The minimum atomic E-state index is -3.94. The van der Waals surface area contributed by atoms with Gasteiger partial charge in [0.2, 0.25) is 21.8 Å². The molecule has 0 radical (unpaired) electrons. The van der Waals surface area contributed by atoms with Crippen LogP contribution in [-0.4, -0.2) is 90.3 Å². The van der Waals surface area contributed by atoms with Gasteiger partial charge in [0, 0.05) is 29.2 Å². The van der Waals surface area contributed by atoms with E-state index in [2.05, 4.69) is 20.3 Å². The average Bonchev–Trinajstić information content (AvgIpc) is 4.08. The van der Waals surface area contributed by atoms with Gasteiger partial charge in [-0.25, -0.2) is 22.6 Å². The van der Waals surface area contributed by atoms with E-state index in [4.69, 9.17) is 18.6 Å². The number of aromatic nitrogens is 1. The number of fused-ring (bicyclic) bond motifs is 6. The van der Waals surface area contributed by atoms with Crippen molar-refractivity contribution in [1.82, 2.24) is 25.2 Å². The van der Waals surface area contributed by atoms with Crippen LogP contribution in [-0.2, 0) is 29.1 Å². The molecule has 4 aliphatic rings. The van der Waals surface area contributed by atoms with E-state index in [1.54, 1.807) is 45.0 Å². The molecular weight excluding hydrogens is 786 g/mol. The Bertz CT molecular complexity index is 2500. The number of furan rings is 1. The molecule has 2 aliphatic carbocycles. The lowest BCUT2D eigenvalue weighted by Gasteiger charge is -2.30. The zero-order valence-electron chi connectivity index (χ0n) is 33.3. The van der Waals surface area contributed by atoms with Crippen molar-refractivity contribution in [2.24, 2.45) is 5.92 Å². The second-order valence-electron chi connectivity index (χ2n) is 16.9. The first-order chi connectivity index (χ1) is 28.1. The van der Waals surface area contributed by atoms with Crippen molar-refractivity contribution in [1.29, 1.82) is 0 Å². The molecular formula is C42H48FN5O10S. The number of nitrogens with zero attached hydrogens (tertiary/aromatic N) is 2. The van der Waals surface area contributed by atoms with Gasteiger partial charge in [-0.2, -0.15) is 0 Å². The number of amides is 4. The minimum Gasteiger partial charge on any atom is -0.497 e. The van der Waals surface area contributed by atoms with Gasteiger partial charge in [-0.1, -0.05) is 31.1 Å². The Kier molecular flexibility index (Phi) is 10.5. The van der Waals surface area contributed by atoms with Crippen molar-refractivity contribution >= 4 is 66.8 Å². The molecule has 0 spiro atoms. The monoisotopic (exact) mass is 833 g/mol. The van der Waals surface area contributed by atoms with Crippen molar-refractivity contribution < 1.29 is 50.6 Å². The summed E-state index contributed by atoms with van der Waals surface area (Å²) in [6.45, 7) is 4.98. The number of hydrogen-bond acceptors (Lipinski definition) is 11. The number of halogens is 1. The Balaban J connectivity index is 1.17. The van der Waals surface area contributed by atoms with Gasteiger partial charge in [0.05, 0.1) is 18.9 Å². The number of carbonyl (C=O) groups is 4. The smallest absolute Gasteiger partial charge is 0.408 e. The van der Waals surface area contributed by atoms with Gasteiger partial charge in [0.15, 0.2) is 11.3 Å². The van der Waals surface area contributed by atoms with E-state index in [0.717, 1.165) is 12.8 Å². The van der Waals surface area contributed by atoms with Crippen LogP contribution >= 0.6 is 0 Å². The van der Waals surface area contributed by atoms with Gasteiger partial charge >= 0.3 is 6.09 Å². The standard InChI is InChI=1S/C42H48FN5O10S/c1-41(2,3)58-40(52)44-30-14-9-7-5-6-8-11-23-21-42(23,39(51)47-59(53,54)26-16-17-26)46-37(49)31-19-25(22-48(31)38(30)50)56-35-28-12-10-13-29(43)33(28)45-34-27-18-15-24(55-4)20-32(27)57-36(34)35/h8,10-13,15,18,20,23,25-26,30-31H,5-7,9,14,16-17,19,21-22H2,1-4H3,(H,44,52)(H,46,49)(H,47,51)/b11-8-/t23-,25-,30+,31+,42-/m1/s1. The summed E-state index contributed by atoms with van der Waals surface area (Å²) in [7, 11) is -2.42. The van der Waals surface area contributed by atoms with Crippen LogP contribution < -0.4 is 24.8 Å². The van der Waals surface area contributed by atoms with Crippen LogP contribution in [0.2, 0.25) is 0 Å². The number of alkyl carbamates (subject to hydrolysis) is 1. The molecule has 8 rings (SSSR count). The van der Waals surface area contributed by atoms with Gasteiger partial charge in [0.1, 0.15) is 57.5 Å². The first-order valence-electron chi connectivity index (χ1n) is 20.1. The molecule has 4 amide bonds. The summed E-state index contributed by atoms with van der Waals surface area (Å²) in [5.74, 6) is -2.50. The highest BCUT2D eigenvalue weighted by Gasteiger charge is 2.62. The van der Waals surface area contributed by atoms with Crippen LogP contribution in [0.1, 0.15) is 78.6 Å². The van der Waals surface area contributed by atoms with Crippen LogP contribution in [0.5, 0.6) is 11.5 Å². The minimum absolute atomic E-state index is 0.0266. The van der Waals surface area contributed by atoms with Gasteiger partial charge in [-0.05, 0) is 83.6 Å². The summed E-state index contributed by atoms with van der Waals surface area (Å²) >= 11 is 0. The predicted octanol–water partition coefficient (Wildman–Crippen LogP) is 5.53. The van der Waals surface area contributed by atoms with Gasteiger partial charge in [0.25, 0.3) is 5.91 Å². The number of para-hydroxylation sites is 1. The Morgan fingerprint density at radius 1 is 1.05 bits per heavy atom. The largest absolute Gasteiger partial charge is 0.497 e. The topological polar surface area (TPSA) is 195 Å². The van der Waals surface area contributed by atoms with Crippen LogP contribution in [0.4, 0.5) is 9.18 Å². The van der Waals surface area contributed by atoms with E-state index in [0.29, 0.717) is 53.3 Å². The molecule has 2 saturated carbocycles. The second-order valence-corrected chi connectivity index (χ2v) is 18.9. The van der Waals surface area contributed by atoms with E-state index in [-0.39, 0.29) is 42.7 Å². The number of benzene rings is 2. The first kappa shape index (κ1) is 40.3. The lowest BCUT2D eigenvalue weighted by molar-refractivity contribution is -0.141. The van der Waals surface area contributed by atoms with Crippen LogP contribution in [0.15, 0.2) is 53.0 Å². The lowest BCUT2D eigenvalue weighted by Crippen LogP contribution is -2.58. The van der Waals surface area contributed by atoms with Crippen molar-refractivity contribution in [3.8, 4) is 11.5 Å². The third-order valence-electron chi connectivity index (χ3n) is 11.4. The molecule has 0 bridgehead atoms. The van der Waals surface area contributed by atoms with Gasteiger partial charge in [-0.15, -0.1) is 0 Å². The second kappa shape index (κ2) is 15.3. The average molecular weight is 834 g/mol. The number of hydrogen-bond donors (Lipinski definition) is 3. The normalized spacial score (nSPS) is 25.9. The fourth-order valence-corrected chi connectivity index (χ4v) is 9.45. The third-order valence-corrected chi connectivity index (χ3v) is 13.2. The van der Waals surface area contributed by atoms with Crippen molar-refractivity contribution in [3.05, 3.63) is 54.4 Å². The van der Waals surface area contributed by atoms with Gasteiger partial charge < -0.3 is 34.2 Å². The Labute approximate surface area is 340 Å². The number of pyridine rings is 1. The maximum Gasteiger partial charge on any atom is 0.408 e. The molecule has 314 valence electrons. The lowest BCUT2D eigenvalue weighted by atomic mass is 10.0. The molecule has 4 heterocycles. The molecule has 17 heteroatoms. The Morgan fingerprint density at radius 3 is 2.59 bits per heavy atom. The van der Waals surface area contributed by atoms with Crippen molar-refractivity contribution in [3.63, 3.8) is 0 Å². The van der Waals surface area contributed by atoms with E-state index >= 15 is 4.39 Å². The van der Waals surface area contributed by atoms with Gasteiger partial charge in [-0.3, -0.25) is 19.1 Å². The summed E-state index contributed by atoms with van der Waals surface area (Å²) in [5.41, 5.74) is -1.43. The first-order valence-corrected chi connectivity index (χ1v) is 21.6. The van der Waals surface area contributed by atoms with Crippen LogP contribution in [0.3, 0.4) is 0 Å². The summed E-state index contributed by atoms with van der Waals surface area (Å²) < 4.78 is 67.4. The Hall–Kier alpha value is -5.45. The highest BCUT2D eigenvalue weighted by Crippen LogP contribution is 2.46. The highest BCUT2D eigenvalue weighted by molar-refractivity contribution is 7.91. The van der Waals surface area contributed by atoms with Crippen LogP contribution in [0.25, 0.3) is 33.0 Å². The molecule has 3 N–H and O–H groups in total. The van der Waals surface area contributed by atoms with E-state index in [1.165, 1.54) is 24.1 Å². The maximum atomic E-state index is 15.4. The molecule has 2 aromatic carbocycles. The number of ether oxygens (including phenoxy) is 3. The number of rotatable bonds is 7. The number of sulfonamides is 1. The molecule has 59 heavy (non-hydrogen) atoms. The molecule has 4 aromatic rings. The summed E-state index contributed by atoms with van der Waals surface area (Å²) in [6, 6.07) is 7.29.